The molecule has 1 saturated carbocycles. The second-order valence-electron chi connectivity index (χ2n) is 5.89. The smallest absolute Gasteiger partial charge is 0.228 e. The topological polar surface area (TPSA) is 32.3 Å². The molecule has 0 unspecified atom stereocenters. The van der Waals surface area contributed by atoms with Gasteiger partial charge in [-0.25, -0.2) is 0 Å². The molecular formula is C14H26N2O. The average molecular weight is 238 g/mol. The van der Waals surface area contributed by atoms with Crippen molar-refractivity contribution in [2.24, 2.45) is 5.41 Å². The van der Waals surface area contributed by atoms with Gasteiger partial charge in [0, 0.05) is 18.0 Å². The van der Waals surface area contributed by atoms with E-state index >= 15 is 0 Å². The van der Waals surface area contributed by atoms with Crippen LogP contribution < -0.4 is 5.32 Å². The van der Waals surface area contributed by atoms with E-state index in [0.29, 0.717) is 11.9 Å². The third kappa shape index (κ3) is 3.01. The minimum atomic E-state index is -0.0957. The Hall–Kier alpha value is -0.570. The molecule has 0 bridgehead atoms. The molecule has 1 aliphatic heterocycles. The van der Waals surface area contributed by atoms with Crippen molar-refractivity contribution in [3.63, 3.8) is 0 Å². The molecule has 98 valence electrons. The molecule has 1 heterocycles. The first kappa shape index (κ1) is 12.9. The van der Waals surface area contributed by atoms with Crippen molar-refractivity contribution in [1.29, 1.82) is 0 Å². The van der Waals surface area contributed by atoms with Crippen LogP contribution in [0.25, 0.3) is 0 Å². The summed E-state index contributed by atoms with van der Waals surface area (Å²) in [6.07, 6.45) is 6.78. The van der Waals surface area contributed by atoms with E-state index in [1.165, 1.54) is 19.3 Å². The van der Waals surface area contributed by atoms with Gasteiger partial charge in [-0.15, -0.1) is 0 Å². The van der Waals surface area contributed by atoms with Gasteiger partial charge < -0.3 is 10.2 Å². The average Bonchev–Trinajstić information content (AvgIpc) is 3.15. The highest BCUT2D eigenvalue weighted by molar-refractivity contribution is 5.83. The molecule has 0 aromatic heterocycles. The molecule has 3 heteroatoms. The van der Waals surface area contributed by atoms with Gasteiger partial charge in [0.15, 0.2) is 0 Å². The van der Waals surface area contributed by atoms with Gasteiger partial charge in [0.2, 0.25) is 5.91 Å². The Morgan fingerprint density at radius 3 is 2.53 bits per heavy atom. The zero-order valence-electron chi connectivity index (χ0n) is 11.3. The number of rotatable bonds is 5. The fourth-order valence-corrected chi connectivity index (χ4v) is 2.70. The summed E-state index contributed by atoms with van der Waals surface area (Å²) in [4.78, 5) is 14.9. The zero-order valence-corrected chi connectivity index (χ0v) is 11.3. The number of carbonyl (C=O) groups excluding carboxylic acids is 1. The predicted molar refractivity (Wildman–Crippen MR) is 69.9 cm³/mol. The Labute approximate surface area is 105 Å². The lowest BCUT2D eigenvalue weighted by Gasteiger charge is -2.37. The molecule has 2 aliphatic rings. The maximum atomic E-state index is 12.7. The number of carbonyl (C=O) groups is 1. The molecule has 0 aromatic rings. The van der Waals surface area contributed by atoms with Gasteiger partial charge in [-0.2, -0.15) is 0 Å². The third-order valence-electron chi connectivity index (χ3n) is 4.22. The van der Waals surface area contributed by atoms with E-state index in [4.69, 9.17) is 0 Å². The van der Waals surface area contributed by atoms with E-state index in [-0.39, 0.29) is 5.41 Å². The van der Waals surface area contributed by atoms with Gasteiger partial charge in [0.1, 0.15) is 0 Å². The maximum Gasteiger partial charge on any atom is 0.228 e. The molecule has 1 amide bonds. The largest absolute Gasteiger partial charge is 0.339 e. The molecule has 3 nitrogen and oxygen atoms in total. The summed E-state index contributed by atoms with van der Waals surface area (Å²) in [6, 6.07) is 0.570. The number of hydrogen-bond acceptors (Lipinski definition) is 2. The predicted octanol–water partition coefficient (Wildman–Crippen LogP) is 2.17. The van der Waals surface area contributed by atoms with Gasteiger partial charge in [-0.1, -0.05) is 20.3 Å². The lowest BCUT2D eigenvalue weighted by atomic mass is 9.79. The van der Waals surface area contributed by atoms with Crippen molar-refractivity contribution in [2.75, 3.05) is 19.6 Å². The first-order valence-electron chi connectivity index (χ1n) is 7.19. The zero-order chi connectivity index (χ0) is 12.3. The SMILES string of the molecule is CCCCN(C(=O)C1(C)CCNCC1)C1CC1. The highest BCUT2D eigenvalue weighted by atomic mass is 16.2. The summed E-state index contributed by atoms with van der Waals surface area (Å²) in [5.74, 6) is 0.426. The van der Waals surface area contributed by atoms with Gasteiger partial charge in [0.25, 0.3) is 0 Å². The Morgan fingerprint density at radius 2 is 2.00 bits per heavy atom. The number of amides is 1. The van der Waals surface area contributed by atoms with Crippen LogP contribution >= 0.6 is 0 Å². The first-order valence-corrected chi connectivity index (χ1v) is 7.19. The van der Waals surface area contributed by atoms with Crippen LogP contribution in [0.3, 0.4) is 0 Å². The maximum absolute atomic E-state index is 12.7. The quantitative estimate of drug-likeness (QED) is 0.796. The monoisotopic (exact) mass is 238 g/mol. The summed E-state index contributed by atoms with van der Waals surface area (Å²) >= 11 is 0. The van der Waals surface area contributed by atoms with E-state index in [1.54, 1.807) is 0 Å². The molecule has 0 radical (unpaired) electrons. The molecular weight excluding hydrogens is 212 g/mol. The normalized spacial score (nSPS) is 23.4. The highest BCUT2D eigenvalue weighted by Crippen LogP contribution is 2.35. The minimum Gasteiger partial charge on any atom is -0.339 e. The van der Waals surface area contributed by atoms with Crippen molar-refractivity contribution in [1.82, 2.24) is 10.2 Å². The Kier molecular flexibility index (Phi) is 4.08. The molecule has 0 spiro atoms. The second kappa shape index (κ2) is 5.38. The van der Waals surface area contributed by atoms with Crippen LogP contribution in [0.1, 0.15) is 52.4 Å². The molecule has 2 rings (SSSR count). The van der Waals surface area contributed by atoms with Gasteiger partial charge >= 0.3 is 0 Å². The lowest BCUT2D eigenvalue weighted by molar-refractivity contribution is -0.143. The molecule has 2 fully saturated rings. The van der Waals surface area contributed by atoms with Crippen LogP contribution in [0.2, 0.25) is 0 Å². The van der Waals surface area contributed by atoms with Crippen LogP contribution in [0.15, 0.2) is 0 Å². The third-order valence-corrected chi connectivity index (χ3v) is 4.22. The van der Waals surface area contributed by atoms with Crippen LogP contribution in [-0.2, 0) is 4.79 Å². The lowest BCUT2D eigenvalue weighted by Crippen LogP contribution is -2.48. The number of hydrogen-bond donors (Lipinski definition) is 1. The Balaban J connectivity index is 1.98. The summed E-state index contributed by atoms with van der Waals surface area (Å²) < 4.78 is 0. The van der Waals surface area contributed by atoms with Gasteiger partial charge in [-0.3, -0.25) is 4.79 Å². The molecule has 0 aromatic carbocycles. The summed E-state index contributed by atoms with van der Waals surface area (Å²) in [5, 5.41) is 3.35. The van der Waals surface area contributed by atoms with Crippen LogP contribution in [0, 0.1) is 5.41 Å². The number of nitrogens with zero attached hydrogens (tertiary/aromatic N) is 1. The summed E-state index contributed by atoms with van der Waals surface area (Å²) in [7, 11) is 0. The minimum absolute atomic E-state index is 0.0957. The van der Waals surface area contributed by atoms with E-state index in [0.717, 1.165) is 38.9 Å². The Bertz CT molecular complexity index is 267. The van der Waals surface area contributed by atoms with Crippen molar-refractivity contribution >= 4 is 5.91 Å². The number of unbranched alkanes of at least 4 members (excludes halogenated alkanes) is 1. The van der Waals surface area contributed by atoms with Crippen molar-refractivity contribution in [3.05, 3.63) is 0 Å². The summed E-state index contributed by atoms with van der Waals surface area (Å²) in [5.41, 5.74) is -0.0957. The fourth-order valence-electron chi connectivity index (χ4n) is 2.70. The standard InChI is InChI=1S/C14H26N2O/c1-3-4-11-16(12-5-6-12)13(17)14(2)7-9-15-10-8-14/h12,15H,3-11H2,1-2H3. The molecule has 1 aliphatic carbocycles. The molecule has 0 atom stereocenters. The van der Waals surface area contributed by atoms with E-state index in [9.17, 15) is 4.79 Å². The van der Waals surface area contributed by atoms with Crippen LogP contribution in [-0.4, -0.2) is 36.5 Å². The second-order valence-corrected chi connectivity index (χ2v) is 5.89. The first-order chi connectivity index (χ1) is 8.17. The molecule has 1 N–H and O–H groups in total. The van der Waals surface area contributed by atoms with E-state index < -0.39 is 0 Å². The number of piperidine rings is 1. The fraction of sp³-hybridized carbons (Fsp3) is 0.929. The van der Waals surface area contributed by atoms with Crippen molar-refractivity contribution in [2.45, 2.75) is 58.4 Å². The van der Waals surface area contributed by atoms with E-state index in [2.05, 4.69) is 24.1 Å². The van der Waals surface area contributed by atoms with Crippen molar-refractivity contribution in [3.8, 4) is 0 Å². The molecule has 17 heavy (non-hydrogen) atoms. The van der Waals surface area contributed by atoms with Crippen LogP contribution in [0.4, 0.5) is 0 Å². The van der Waals surface area contributed by atoms with E-state index in [1.807, 2.05) is 0 Å². The number of nitrogens with one attached hydrogen (secondary N) is 1. The summed E-state index contributed by atoms with van der Waals surface area (Å²) in [6.45, 7) is 7.32. The highest BCUT2D eigenvalue weighted by Gasteiger charge is 2.42. The van der Waals surface area contributed by atoms with Crippen LogP contribution in [0.5, 0.6) is 0 Å². The van der Waals surface area contributed by atoms with Gasteiger partial charge in [0.05, 0.1) is 0 Å². The van der Waals surface area contributed by atoms with Crippen molar-refractivity contribution < 1.29 is 4.79 Å². The Morgan fingerprint density at radius 1 is 1.35 bits per heavy atom. The van der Waals surface area contributed by atoms with Gasteiger partial charge in [-0.05, 0) is 45.2 Å². The molecule has 1 saturated heterocycles.